The molecule has 0 saturated carbocycles. The molecule has 0 saturated heterocycles. The van der Waals surface area contributed by atoms with E-state index in [9.17, 15) is 19.8 Å². The van der Waals surface area contributed by atoms with Gasteiger partial charge in [-0.3, -0.25) is 9.59 Å². The normalized spacial score (nSPS) is 12.3. The van der Waals surface area contributed by atoms with Gasteiger partial charge in [-0.25, -0.2) is 0 Å². The van der Waals surface area contributed by atoms with Gasteiger partial charge in [-0.2, -0.15) is 0 Å². The maximum absolute atomic E-state index is 11.7. The zero-order chi connectivity index (χ0) is 15.1. The van der Waals surface area contributed by atoms with Gasteiger partial charge in [0.05, 0.1) is 31.5 Å². The molecule has 0 spiro atoms. The molecule has 0 aromatic heterocycles. The Morgan fingerprint density at radius 1 is 1.11 bits per heavy atom. The number of hydrogen-bond acceptors (Lipinski definition) is 5. The Kier molecular flexibility index (Phi) is 7.00. The first kappa shape index (κ1) is 17.9. The van der Waals surface area contributed by atoms with Crippen LogP contribution in [0.1, 0.15) is 40.0 Å². The lowest BCUT2D eigenvalue weighted by Gasteiger charge is -2.28. The average Bonchev–Trinajstić information content (AvgIpc) is 2.29. The van der Waals surface area contributed by atoms with Crippen molar-refractivity contribution in [3.05, 3.63) is 0 Å². The van der Waals surface area contributed by atoms with E-state index in [-0.39, 0.29) is 32.7 Å². The van der Waals surface area contributed by atoms with Gasteiger partial charge < -0.3 is 20.1 Å². The van der Waals surface area contributed by atoms with Crippen molar-refractivity contribution < 1.29 is 29.6 Å². The lowest BCUT2D eigenvalue weighted by molar-refractivity contribution is -0.153. The van der Waals surface area contributed by atoms with E-state index in [0.717, 1.165) is 0 Å². The van der Waals surface area contributed by atoms with Crippen molar-refractivity contribution in [1.29, 1.82) is 0 Å². The summed E-state index contributed by atoms with van der Waals surface area (Å²) in [6.07, 6.45) is 0.336. The van der Waals surface area contributed by atoms with Crippen LogP contribution in [-0.2, 0) is 14.3 Å². The summed E-state index contributed by atoms with van der Waals surface area (Å²) in [4.78, 5) is 22.3. The van der Waals surface area contributed by atoms with Gasteiger partial charge in [0.1, 0.15) is 6.61 Å². The van der Waals surface area contributed by atoms with E-state index in [2.05, 4.69) is 0 Å². The minimum Gasteiger partial charge on any atom is -0.481 e. The summed E-state index contributed by atoms with van der Waals surface area (Å²) < 4.78 is 5.05. The molecule has 0 atom stereocenters. The molecule has 6 nitrogen and oxygen atoms in total. The van der Waals surface area contributed by atoms with Gasteiger partial charge in [-0.1, -0.05) is 20.8 Å². The second kappa shape index (κ2) is 7.45. The van der Waals surface area contributed by atoms with Crippen LogP contribution in [0, 0.1) is 10.8 Å². The fourth-order valence-corrected chi connectivity index (χ4v) is 1.61. The van der Waals surface area contributed by atoms with Crippen LogP contribution in [0.2, 0.25) is 0 Å². The van der Waals surface area contributed by atoms with Gasteiger partial charge in [0.15, 0.2) is 0 Å². The smallest absolute Gasteiger partial charge is 0.306 e. The number of carbonyl (C=O) groups is 2. The molecule has 0 amide bonds. The van der Waals surface area contributed by atoms with Crippen LogP contribution in [0.5, 0.6) is 0 Å². The van der Waals surface area contributed by atoms with Crippen LogP contribution < -0.4 is 0 Å². The highest BCUT2D eigenvalue weighted by Gasteiger charge is 2.31. The number of carboxylic acids is 1. The molecule has 0 fully saturated rings. The number of carboxylic acid groups (broad SMARTS) is 1. The van der Waals surface area contributed by atoms with Crippen molar-refractivity contribution in [2.75, 3.05) is 19.8 Å². The molecule has 0 heterocycles. The molecular formula is C13H24O6. The van der Waals surface area contributed by atoms with Gasteiger partial charge in [0, 0.05) is 0 Å². The Hall–Kier alpha value is -1.14. The van der Waals surface area contributed by atoms with Crippen LogP contribution in [0.25, 0.3) is 0 Å². The zero-order valence-electron chi connectivity index (χ0n) is 11.8. The largest absolute Gasteiger partial charge is 0.481 e. The number of hydrogen-bond donors (Lipinski definition) is 3. The molecule has 0 aromatic carbocycles. The molecule has 0 aliphatic carbocycles. The summed E-state index contributed by atoms with van der Waals surface area (Å²) in [6, 6.07) is 0. The maximum atomic E-state index is 11.7. The number of rotatable bonds is 9. The summed E-state index contributed by atoms with van der Waals surface area (Å²) in [5.74, 6) is -1.49. The summed E-state index contributed by atoms with van der Waals surface area (Å²) >= 11 is 0. The lowest BCUT2D eigenvalue weighted by Crippen LogP contribution is -2.36. The standard InChI is InChI=1S/C13H24O6/c1-4-13(7-14,8-15)9-19-11(18)6-12(2,3)5-10(16)17/h14-15H,4-9H2,1-3H3,(H,16,17). The first-order chi connectivity index (χ1) is 8.70. The van der Waals surface area contributed by atoms with E-state index in [1.807, 2.05) is 0 Å². The Labute approximate surface area is 113 Å². The van der Waals surface area contributed by atoms with Crippen molar-refractivity contribution in [2.24, 2.45) is 10.8 Å². The SMILES string of the molecule is CCC(CO)(CO)COC(=O)CC(C)(C)CC(=O)O. The molecule has 0 aliphatic rings. The Bertz CT molecular complexity index is 298. The van der Waals surface area contributed by atoms with Crippen LogP contribution in [0.4, 0.5) is 0 Å². The first-order valence-corrected chi connectivity index (χ1v) is 6.29. The van der Waals surface area contributed by atoms with Crippen molar-refractivity contribution in [3.63, 3.8) is 0 Å². The summed E-state index contributed by atoms with van der Waals surface area (Å²) in [7, 11) is 0. The highest BCUT2D eigenvalue weighted by atomic mass is 16.5. The fraction of sp³-hybridized carbons (Fsp3) is 0.846. The quantitative estimate of drug-likeness (QED) is 0.538. The third-order valence-corrected chi connectivity index (χ3v) is 3.21. The zero-order valence-corrected chi connectivity index (χ0v) is 11.8. The number of carbonyl (C=O) groups excluding carboxylic acids is 1. The second-order valence-electron chi connectivity index (χ2n) is 5.74. The van der Waals surface area contributed by atoms with Crippen molar-refractivity contribution in [2.45, 2.75) is 40.0 Å². The molecule has 0 aromatic rings. The first-order valence-electron chi connectivity index (χ1n) is 6.29. The number of aliphatic hydroxyl groups excluding tert-OH is 2. The van der Waals surface area contributed by atoms with Crippen molar-refractivity contribution in [3.8, 4) is 0 Å². The predicted molar refractivity (Wildman–Crippen MR) is 68.5 cm³/mol. The predicted octanol–water partition coefficient (Wildman–Crippen LogP) is 0.802. The van der Waals surface area contributed by atoms with E-state index in [0.29, 0.717) is 6.42 Å². The molecule has 0 rings (SSSR count). The molecule has 112 valence electrons. The summed E-state index contributed by atoms with van der Waals surface area (Å²) in [6.45, 7) is 4.52. The third kappa shape index (κ3) is 6.54. The van der Waals surface area contributed by atoms with Gasteiger partial charge in [-0.05, 0) is 11.8 Å². The van der Waals surface area contributed by atoms with Crippen molar-refractivity contribution in [1.82, 2.24) is 0 Å². The van der Waals surface area contributed by atoms with Crippen LogP contribution in [0.15, 0.2) is 0 Å². The van der Waals surface area contributed by atoms with E-state index in [4.69, 9.17) is 9.84 Å². The molecule has 0 radical (unpaired) electrons. The van der Waals surface area contributed by atoms with E-state index in [1.54, 1.807) is 20.8 Å². The summed E-state index contributed by atoms with van der Waals surface area (Å²) in [5, 5.41) is 27.1. The fourth-order valence-electron chi connectivity index (χ4n) is 1.61. The number of esters is 1. The monoisotopic (exact) mass is 276 g/mol. The van der Waals surface area contributed by atoms with Gasteiger partial charge in [0.2, 0.25) is 0 Å². The Morgan fingerprint density at radius 3 is 2.00 bits per heavy atom. The van der Waals surface area contributed by atoms with Crippen LogP contribution >= 0.6 is 0 Å². The number of ether oxygens (including phenoxy) is 1. The molecular weight excluding hydrogens is 252 g/mol. The van der Waals surface area contributed by atoms with Crippen LogP contribution in [0.3, 0.4) is 0 Å². The second-order valence-corrected chi connectivity index (χ2v) is 5.74. The minimum atomic E-state index is -0.966. The highest BCUT2D eigenvalue weighted by molar-refractivity contribution is 5.73. The number of aliphatic carboxylic acids is 1. The third-order valence-electron chi connectivity index (χ3n) is 3.21. The van der Waals surface area contributed by atoms with Gasteiger partial charge in [0.25, 0.3) is 0 Å². The molecule has 0 unspecified atom stereocenters. The average molecular weight is 276 g/mol. The number of aliphatic hydroxyl groups is 2. The molecule has 0 bridgehead atoms. The minimum absolute atomic E-state index is 0.0179. The van der Waals surface area contributed by atoms with Crippen LogP contribution in [-0.4, -0.2) is 47.1 Å². The Morgan fingerprint density at radius 2 is 1.63 bits per heavy atom. The van der Waals surface area contributed by atoms with Gasteiger partial charge >= 0.3 is 11.9 Å². The van der Waals surface area contributed by atoms with E-state index < -0.39 is 22.8 Å². The topological polar surface area (TPSA) is 104 Å². The van der Waals surface area contributed by atoms with Gasteiger partial charge in [-0.15, -0.1) is 0 Å². The maximum Gasteiger partial charge on any atom is 0.306 e. The molecule has 3 N–H and O–H groups in total. The molecule has 19 heavy (non-hydrogen) atoms. The molecule has 6 heteroatoms. The van der Waals surface area contributed by atoms with Crippen molar-refractivity contribution >= 4 is 11.9 Å². The molecule has 0 aliphatic heterocycles. The summed E-state index contributed by atoms with van der Waals surface area (Å²) in [5.41, 5.74) is -1.51. The Balaban J connectivity index is 4.36. The lowest BCUT2D eigenvalue weighted by atomic mass is 9.85. The highest BCUT2D eigenvalue weighted by Crippen LogP contribution is 2.27. The van der Waals surface area contributed by atoms with E-state index >= 15 is 0 Å². The van der Waals surface area contributed by atoms with E-state index in [1.165, 1.54) is 0 Å².